The Bertz CT molecular complexity index is 1030. The van der Waals surface area contributed by atoms with Crippen molar-refractivity contribution in [1.82, 2.24) is 14.7 Å². The number of halogens is 2. The molecule has 1 amide bonds. The second-order valence-corrected chi connectivity index (χ2v) is 8.65. The molecular formula is C22H24Cl2N4O3. The predicted molar refractivity (Wildman–Crippen MR) is 119 cm³/mol. The fraction of sp³-hybridized carbons (Fsp3) is 0.455. The van der Waals surface area contributed by atoms with E-state index in [1.54, 1.807) is 29.9 Å². The molecule has 2 atom stereocenters. The van der Waals surface area contributed by atoms with Gasteiger partial charge in [-0.1, -0.05) is 29.3 Å². The molecule has 0 saturated carbocycles. The van der Waals surface area contributed by atoms with E-state index in [-0.39, 0.29) is 23.8 Å². The van der Waals surface area contributed by atoms with Gasteiger partial charge in [-0.25, -0.2) is 9.67 Å². The SMILES string of the molecule is CCOC(=O)C1CCN(C(=O)C2C(C)=Nc3ccnn3C2c2ccc(Cl)c(Cl)c2)CC1. The molecule has 7 nitrogen and oxygen atoms in total. The maximum atomic E-state index is 13.7. The Morgan fingerprint density at radius 1 is 1.16 bits per heavy atom. The lowest BCUT2D eigenvalue weighted by Crippen LogP contribution is -2.48. The normalized spacial score (nSPS) is 21.4. The summed E-state index contributed by atoms with van der Waals surface area (Å²) in [5, 5.41) is 5.32. The molecule has 2 unspecified atom stereocenters. The number of aliphatic imine (C=N–C) groups is 1. The zero-order valence-electron chi connectivity index (χ0n) is 17.4. The molecule has 0 N–H and O–H groups in total. The number of amides is 1. The highest BCUT2D eigenvalue weighted by molar-refractivity contribution is 6.42. The van der Waals surface area contributed by atoms with Gasteiger partial charge in [0, 0.05) is 24.9 Å². The highest BCUT2D eigenvalue weighted by Crippen LogP contribution is 2.39. The summed E-state index contributed by atoms with van der Waals surface area (Å²) in [6, 6.07) is 6.82. The molecule has 4 rings (SSSR count). The number of benzene rings is 1. The van der Waals surface area contributed by atoms with Gasteiger partial charge >= 0.3 is 5.97 Å². The fourth-order valence-electron chi connectivity index (χ4n) is 4.37. The third-order valence-corrected chi connectivity index (χ3v) is 6.69. The van der Waals surface area contributed by atoms with Crippen LogP contribution in [0.3, 0.4) is 0 Å². The van der Waals surface area contributed by atoms with Crippen molar-refractivity contribution in [1.29, 1.82) is 0 Å². The molecule has 3 heterocycles. The molecule has 1 aromatic carbocycles. The van der Waals surface area contributed by atoms with E-state index in [0.29, 0.717) is 48.4 Å². The summed E-state index contributed by atoms with van der Waals surface area (Å²) in [6.45, 7) is 5.05. The summed E-state index contributed by atoms with van der Waals surface area (Å²) in [5.41, 5.74) is 1.56. The quantitative estimate of drug-likeness (QED) is 0.634. The molecule has 164 valence electrons. The van der Waals surface area contributed by atoms with Gasteiger partial charge in [-0.15, -0.1) is 0 Å². The lowest BCUT2D eigenvalue weighted by Gasteiger charge is -2.37. The predicted octanol–water partition coefficient (Wildman–Crippen LogP) is 4.30. The van der Waals surface area contributed by atoms with Gasteiger partial charge in [0.1, 0.15) is 5.92 Å². The van der Waals surface area contributed by atoms with Crippen LogP contribution in [-0.4, -0.2) is 52.0 Å². The van der Waals surface area contributed by atoms with Crippen molar-refractivity contribution in [2.24, 2.45) is 16.8 Å². The van der Waals surface area contributed by atoms with Gasteiger partial charge in [-0.2, -0.15) is 5.10 Å². The number of esters is 1. The number of aromatic nitrogens is 2. The van der Waals surface area contributed by atoms with Gasteiger partial charge < -0.3 is 9.64 Å². The molecule has 0 aliphatic carbocycles. The maximum Gasteiger partial charge on any atom is 0.309 e. The van der Waals surface area contributed by atoms with Crippen molar-refractivity contribution in [3.8, 4) is 0 Å². The standard InChI is InChI=1S/C22H24Cl2N4O3/c1-3-31-22(30)14-7-10-27(11-8-14)21(29)19-13(2)26-18-6-9-25-28(18)20(19)15-4-5-16(23)17(24)12-15/h4-6,9,12,14,19-20H,3,7-8,10-11H2,1-2H3. The number of fused-ring (bicyclic) bond motifs is 1. The first kappa shape index (κ1) is 21.8. The van der Waals surface area contributed by atoms with Crippen LogP contribution in [0.2, 0.25) is 10.0 Å². The van der Waals surface area contributed by atoms with Gasteiger partial charge in [-0.3, -0.25) is 9.59 Å². The summed E-state index contributed by atoms with van der Waals surface area (Å²) >= 11 is 12.4. The largest absolute Gasteiger partial charge is 0.466 e. The highest BCUT2D eigenvalue weighted by Gasteiger charge is 2.41. The van der Waals surface area contributed by atoms with E-state index < -0.39 is 5.92 Å². The molecule has 0 bridgehead atoms. The third kappa shape index (κ3) is 4.21. The van der Waals surface area contributed by atoms with Crippen LogP contribution in [0.15, 0.2) is 35.5 Å². The van der Waals surface area contributed by atoms with Crippen LogP contribution in [-0.2, 0) is 14.3 Å². The van der Waals surface area contributed by atoms with E-state index in [9.17, 15) is 9.59 Å². The van der Waals surface area contributed by atoms with Gasteiger partial charge in [0.15, 0.2) is 5.82 Å². The number of piperidine rings is 1. The van der Waals surface area contributed by atoms with Crippen molar-refractivity contribution >= 4 is 46.6 Å². The van der Waals surface area contributed by atoms with Crippen LogP contribution < -0.4 is 0 Å². The number of ether oxygens (including phenoxy) is 1. The number of hydrogen-bond acceptors (Lipinski definition) is 5. The third-order valence-electron chi connectivity index (χ3n) is 5.95. The topological polar surface area (TPSA) is 76.8 Å². The van der Waals surface area contributed by atoms with Crippen LogP contribution in [0.1, 0.15) is 38.3 Å². The molecule has 1 fully saturated rings. The Morgan fingerprint density at radius 2 is 1.90 bits per heavy atom. The van der Waals surface area contributed by atoms with Crippen molar-refractivity contribution in [2.45, 2.75) is 32.7 Å². The van der Waals surface area contributed by atoms with Gasteiger partial charge in [0.25, 0.3) is 0 Å². The van der Waals surface area contributed by atoms with E-state index >= 15 is 0 Å². The lowest BCUT2D eigenvalue weighted by atomic mass is 9.86. The minimum Gasteiger partial charge on any atom is -0.466 e. The van der Waals surface area contributed by atoms with E-state index in [4.69, 9.17) is 27.9 Å². The summed E-state index contributed by atoms with van der Waals surface area (Å²) in [5.74, 6) is -0.197. The van der Waals surface area contributed by atoms with Crippen molar-refractivity contribution in [2.75, 3.05) is 19.7 Å². The van der Waals surface area contributed by atoms with E-state index in [1.807, 2.05) is 24.0 Å². The summed E-state index contributed by atoms with van der Waals surface area (Å²) in [4.78, 5) is 32.2. The van der Waals surface area contributed by atoms with E-state index in [1.165, 1.54) is 0 Å². The molecule has 1 saturated heterocycles. The minimum atomic E-state index is -0.524. The Morgan fingerprint density at radius 3 is 2.58 bits per heavy atom. The molecule has 2 aliphatic heterocycles. The maximum absolute atomic E-state index is 13.7. The van der Waals surface area contributed by atoms with Crippen molar-refractivity contribution in [3.05, 3.63) is 46.1 Å². The minimum absolute atomic E-state index is 0.0271. The van der Waals surface area contributed by atoms with E-state index in [0.717, 1.165) is 11.3 Å². The first-order valence-electron chi connectivity index (χ1n) is 10.4. The Labute approximate surface area is 191 Å². The number of hydrogen-bond donors (Lipinski definition) is 0. The summed E-state index contributed by atoms with van der Waals surface area (Å²) in [6.07, 6.45) is 2.87. The number of nitrogens with zero attached hydrogens (tertiary/aromatic N) is 4. The Balaban J connectivity index is 1.62. The molecule has 2 aromatic rings. The second-order valence-electron chi connectivity index (χ2n) is 7.83. The van der Waals surface area contributed by atoms with Crippen molar-refractivity contribution in [3.63, 3.8) is 0 Å². The fourth-order valence-corrected chi connectivity index (χ4v) is 4.67. The molecule has 2 aliphatic rings. The number of likely N-dealkylation sites (tertiary alicyclic amines) is 1. The van der Waals surface area contributed by atoms with Gasteiger partial charge in [-0.05, 0) is 44.4 Å². The molecule has 0 radical (unpaired) electrons. The smallest absolute Gasteiger partial charge is 0.309 e. The van der Waals surface area contributed by atoms with Gasteiger partial charge in [0.05, 0.1) is 34.8 Å². The number of carbonyl (C=O) groups is 2. The first-order chi connectivity index (χ1) is 14.9. The van der Waals surface area contributed by atoms with Crippen LogP contribution in [0.25, 0.3) is 0 Å². The number of carbonyl (C=O) groups excluding carboxylic acids is 2. The van der Waals surface area contributed by atoms with Gasteiger partial charge in [0.2, 0.25) is 5.91 Å². The zero-order valence-corrected chi connectivity index (χ0v) is 18.9. The van der Waals surface area contributed by atoms with E-state index in [2.05, 4.69) is 10.1 Å². The average Bonchev–Trinajstić information content (AvgIpc) is 3.22. The summed E-state index contributed by atoms with van der Waals surface area (Å²) in [7, 11) is 0. The monoisotopic (exact) mass is 462 g/mol. The molecule has 31 heavy (non-hydrogen) atoms. The van der Waals surface area contributed by atoms with Crippen molar-refractivity contribution < 1.29 is 14.3 Å². The second kappa shape index (κ2) is 9.01. The Hall–Kier alpha value is -2.38. The molecular weight excluding hydrogens is 439 g/mol. The van der Waals surface area contributed by atoms with Crippen LogP contribution in [0.5, 0.6) is 0 Å². The molecule has 0 spiro atoms. The van der Waals surface area contributed by atoms with Crippen LogP contribution >= 0.6 is 23.2 Å². The molecule has 1 aromatic heterocycles. The Kier molecular flexibility index (Phi) is 6.34. The van der Waals surface area contributed by atoms with Crippen LogP contribution in [0.4, 0.5) is 5.82 Å². The first-order valence-corrected chi connectivity index (χ1v) is 11.1. The highest BCUT2D eigenvalue weighted by atomic mass is 35.5. The van der Waals surface area contributed by atoms with Crippen LogP contribution in [0, 0.1) is 11.8 Å². The summed E-state index contributed by atoms with van der Waals surface area (Å²) < 4.78 is 6.90. The molecule has 9 heteroatoms. The lowest BCUT2D eigenvalue weighted by molar-refractivity contribution is -0.151. The number of rotatable bonds is 4. The zero-order chi connectivity index (χ0) is 22.1. The average molecular weight is 463 g/mol.